The molecule has 0 atom stereocenters. The van der Waals surface area contributed by atoms with Crippen LogP contribution in [0.1, 0.15) is 5.56 Å². The monoisotopic (exact) mass is 196 g/mol. The maximum Gasteiger partial charge on any atom is 0.252 e. The van der Waals surface area contributed by atoms with Crippen molar-refractivity contribution in [1.82, 2.24) is 4.98 Å². The van der Waals surface area contributed by atoms with Gasteiger partial charge in [0.2, 0.25) is 0 Å². The first-order valence-electron chi connectivity index (χ1n) is 2.71. The molecule has 3 N–H and O–H groups in total. The summed E-state index contributed by atoms with van der Waals surface area (Å²) in [6, 6.07) is 3.46. The molecule has 1 rings (SSSR count). The molecule has 0 fully saturated rings. The third-order valence-corrected chi connectivity index (χ3v) is 1.12. The molecule has 3 nitrogen and oxygen atoms in total. The van der Waals surface area contributed by atoms with Crippen LogP contribution in [0.25, 0.3) is 0 Å². The van der Waals surface area contributed by atoms with E-state index < -0.39 is 0 Å². The van der Waals surface area contributed by atoms with Crippen LogP contribution >= 0.6 is 24.8 Å². The predicted molar refractivity (Wildman–Crippen MR) is 49.5 cm³/mol. The van der Waals surface area contributed by atoms with Crippen molar-refractivity contribution in [2.75, 3.05) is 0 Å². The van der Waals surface area contributed by atoms with Gasteiger partial charge in [-0.3, -0.25) is 4.79 Å². The molecule has 0 unspecified atom stereocenters. The van der Waals surface area contributed by atoms with Gasteiger partial charge in [0.25, 0.3) is 5.56 Å². The van der Waals surface area contributed by atoms with Gasteiger partial charge in [0.1, 0.15) is 0 Å². The minimum Gasteiger partial charge on any atom is -0.329 e. The summed E-state index contributed by atoms with van der Waals surface area (Å²) in [7, 11) is 0. The van der Waals surface area contributed by atoms with E-state index in [4.69, 9.17) is 5.73 Å². The molecule has 64 valence electrons. The summed E-state index contributed by atoms with van der Waals surface area (Å²) in [5, 5.41) is 0. The van der Waals surface area contributed by atoms with Gasteiger partial charge in [0.05, 0.1) is 0 Å². The Labute approximate surface area is 76.8 Å². The average molecular weight is 197 g/mol. The maximum atomic E-state index is 10.7. The largest absolute Gasteiger partial charge is 0.329 e. The van der Waals surface area contributed by atoms with E-state index in [2.05, 4.69) is 4.98 Å². The Morgan fingerprint density at radius 2 is 2.09 bits per heavy atom. The molecule has 0 aliphatic carbocycles. The van der Waals surface area contributed by atoms with Gasteiger partial charge in [-0.05, 0) is 6.07 Å². The van der Waals surface area contributed by atoms with Crippen LogP contribution in [0.15, 0.2) is 23.1 Å². The topological polar surface area (TPSA) is 58.9 Å². The molecule has 11 heavy (non-hydrogen) atoms. The zero-order chi connectivity index (χ0) is 6.69. The van der Waals surface area contributed by atoms with Crippen LogP contribution in [0, 0.1) is 0 Å². The molecular weight excluding hydrogens is 187 g/mol. The van der Waals surface area contributed by atoms with Gasteiger partial charge in [-0.1, -0.05) is 6.07 Å². The number of aromatic amines is 1. The smallest absolute Gasteiger partial charge is 0.252 e. The summed E-state index contributed by atoms with van der Waals surface area (Å²) < 4.78 is 0. The van der Waals surface area contributed by atoms with Crippen LogP contribution in [0.5, 0.6) is 0 Å². The summed E-state index contributed by atoms with van der Waals surface area (Å²) in [4.78, 5) is 13.2. The number of pyridine rings is 1. The normalized spacial score (nSPS) is 7.73. The molecule has 0 bridgehead atoms. The Balaban J connectivity index is 0. The Kier molecular flexibility index (Phi) is 7.41. The zero-order valence-electron chi connectivity index (χ0n) is 5.74. The minimum absolute atomic E-state index is 0. The molecule has 1 aromatic heterocycles. The molecule has 0 amide bonds. The van der Waals surface area contributed by atoms with Crippen LogP contribution in [0.3, 0.4) is 0 Å². The first-order chi connectivity index (χ1) is 4.34. The summed E-state index contributed by atoms with van der Waals surface area (Å²) in [6.07, 6.45) is 1.58. The van der Waals surface area contributed by atoms with Crippen LogP contribution in [0.2, 0.25) is 0 Å². The van der Waals surface area contributed by atoms with E-state index in [1.807, 2.05) is 0 Å². The van der Waals surface area contributed by atoms with Gasteiger partial charge in [-0.15, -0.1) is 24.8 Å². The Morgan fingerprint density at radius 1 is 1.45 bits per heavy atom. The van der Waals surface area contributed by atoms with Gasteiger partial charge < -0.3 is 10.7 Å². The number of nitrogens with one attached hydrogen (secondary N) is 1. The van der Waals surface area contributed by atoms with Crippen molar-refractivity contribution >= 4 is 24.8 Å². The third-order valence-electron chi connectivity index (χ3n) is 1.12. The SMILES string of the molecule is Cl.Cl.NCc1ccc[nH]c1=O. The number of hydrogen-bond donors (Lipinski definition) is 2. The van der Waals surface area contributed by atoms with Crippen molar-refractivity contribution < 1.29 is 0 Å². The fourth-order valence-electron chi connectivity index (χ4n) is 0.617. The van der Waals surface area contributed by atoms with E-state index in [0.29, 0.717) is 12.1 Å². The molecule has 0 spiro atoms. The first-order valence-corrected chi connectivity index (χ1v) is 2.71. The number of aromatic nitrogens is 1. The second-order valence-corrected chi connectivity index (χ2v) is 1.73. The van der Waals surface area contributed by atoms with E-state index in [1.54, 1.807) is 18.3 Å². The number of rotatable bonds is 1. The van der Waals surface area contributed by atoms with Crippen molar-refractivity contribution in [1.29, 1.82) is 0 Å². The average Bonchev–Trinajstić information content (AvgIpc) is 1.89. The van der Waals surface area contributed by atoms with Gasteiger partial charge in [-0.2, -0.15) is 0 Å². The highest BCUT2D eigenvalue weighted by atomic mass is 35.5. The lowest BCUT2D eigenvalue weighted by atomic mass is 10.3. The minimum atomic E-state index is -0.0972. The molecule has 0 aliphatic rings. The highest BCUT2D eigenvalue weighted by molar-refractivity contribution is 5.85. The molecule has 5 heteroatoms. The van der Waals surface area contributed by atoms with Crippen LogP contribution < -0.4 is 11.3 Å². The lowest BCUT2D eigenvalue weighted by Crippen LogP contribution is -2.14. The molecule has 0 aliphatic heterocycles. The predicted octanol–water partition coefficient (Wildman–Crippen LogP) is 0.677. The van der Waals surface area contributed by atoms with Crippen molar-refractivity contribution in [2.24, 2.45) is 5.73 Å². The van der Waals surface area contributed by atoms with E-state index in [9.17, 15) is 4.79 Å². The quantitative estimate of drug-likeness (QED) is 0.695. The first kappa shape index (κ1) is 13.1. The van der Waals surface area contributed by atoms with Crippen molar-refractivity contribution in [3.8, 4) is 0 Å². The fourth-order valence-corrected chi connectivity index (χ4v) is 0.617. The molecule has 1 heterocycles. The third kappa shape index (κ3) is 3.41. The lowest BCUT2D eigenvalue weighted by molar-refractivity contribution is 1.02. The van der Waals surface area contributed by atoms with E-state index in [1.165, 1.54) is 0 Å². The Morgan fingerprint density at radius 3 is 2.45 bits per heavy atom. The van der Waals surface area contributed by atoms with Gasteiger partial charge >= 0.3 is 0 Å². The standard InChI is InChI=1S/C6H8N2O.2ClH/c7-4-5-2-1-3-8-6(5)9;;/h1-3H,4,7H2,(H,8,9);2*1H. The number of halogens is 2. The summed E-state index contributed by atoms with van der Waals surface area (Å²) >= 11 is 0. The Bertz CT molecular complexity index is 248. The van der Waals surface area contributed by atoms with Gasteiger partial charge in [0.15, 0.2) is 0 Å². The lowest BCUT2D eigenvalue weighted by Gasteiger charge is -1.89. The summed E-state index contributed by atoms with van der Waals surface area (Å²) in [5.41, 5.74) is 5.76. The number of hydrogen-bond acceptors (Lipinski definition) is 2. The second-order valence-electron chi connectivity index (χ2n) is 1.73. The molecule has 0 saturated carbocycles. The van der Waals surface area contributed by atoms with E-state index >= 15 is 0 Å². The molecule has 0 aromatic carbocycles. The van der Waals surface area contributed by atoms with Crippen LogP contribution in [0.4, 0.5) is 0 Å². The van der Waals surface area contributed by atoms with E-state index in [-0.39, 0.29) is 30.4 Å². The van der Waals surface area contributed by atoms with Gasteiger partial charge in [-0.25, -0.2) is 0 Å². The molecule has 0 radical (unpaired) electrons. The molecule has 0 saturated heterocycles. The van der Waals surface area contributed by atoms with Crippen molar-refractivity contribution in [3.63, 3.8) is 0 Å². The summed E-state index contributed by atoms with van der Waals surface area (Å²) in [5.74, 6) is 0. The maximum absolute atomic E-state index is 10.7. The summed E-state index contributed by atoms with van der Waals surface area (Å²) in [6.45, 7) is 0.302. The number of nitrogens with two attached hydrogens (primary N) is 1. The molecular formula is C6H10Cl2N2O. The van der Waals surface area contributed by atoms with E-state index in [0.717, 1.165) is 0 Å². The fraction of sp³-hybridized carbons (Fsp3) is 0.167. The van der Waals surface area contributed by atoms with Crippen molar-refractivity contribution in [2.45, 2.75) is 6.54 Å². The zero-order valence-corrected chi connectivity index (χ0v) is 7.37. The second kappa shape index (κ2) is 6.22. The number of H-pyrrole nitrogens is 1. The van der Waals surface area contributed by atoms with Crippen molar-refractivity contribution in [3.05, 3.63) is 34.2 Å². The Hall–Kier alpha value is -0.510. The highest BCUT2D eigenvalue weighted by Gasteiger charge is 1.90. The van der Waals surface area contributed by atoms with Crippen LogP contribution in [-0.4, -0.2) is 4.98 Å². The van der Waals surface area contributed by atoms with Gasteiger partial charge in [0, 0.05) is 18.3 Å². The highest BCUT2D eigenvalue weighted by Crippen LogP contribution is 1.83. The molecule has 1 aromatic rings. The van der Waals surface area contributed by atoms with Crippen LogP contribution in [-0.2, 0) is 6.54 Å².